The van der Waals surface area contributed by atoms with Crippen molar-refractivity contribution in [2.24, 2.45) is 5.92 Å². The first-order valence-corrected chi connectivity index (χ1v) is 7.02. The minimum Gasteiger partial charge on any atom is -0.332 e. The van der Waals surface area contributed by atoms with Gasteiger partial charge in [0.1, 0.15) is 0 Å². The maximum Gasteiger partial charge on any atom is 0.200 e. The van der Waals surface area contributed by atoms with Gasteiger partial charge in [-0.15, -0.1) is 0 Å². The maximum atomic E-state index is 11.6. The maximum absolute atomic E-state index is 11.6. The van der Waals surface area contributed by atoms with E-state index in [-0.39, 0.29) is 0 Å². The lowest BCUT2D eigenvalue weighted by atomic mass is 9.91. The Morgan fingerprint density at radius 3 is 2.42 bits per heavy atom. The Labute approximate surface area is 75.1 Å². The minimum absolute atomic E-state index is 0.662. The molecule has 1 atom stereocenters. The third-order valence-electron chi connectivity index (χ3n) is 2.70. The van der Waals surface area contributed by atoms with Crippen molar-refractivity contribution in [3.8, 4) is 0 Å². The summed E-state index contributed by atoms with van der Waals surface area (Å²) < 4.78 is 16.6. The van der Waals surface area contributed by atoms with Crippen LogP contribution in [-0.4, -0.2) is 19.9 Å². The molecule has 1 aliphatic rings. The van der Waals surface area contributed by atoms with Gasteiger partial charge in [-0.2, -0.15) is 0 Å². The van der Waals surface area contributed by atoms with Crippen molar-refractivity contribution < 1.29 is 9.09 Å². The van der Waals surface area contributed by atoms with Crippen LogP contribution in [0.4, 0.5) is 0 Å². The molecule has 0 aromatic carbocycles. The number of hydrogen-bond donors (Lipinski definition) is 0. The summed E-state index contributed by atoms with van der Waals surface area (Å²) in [6.45, 7) is 1.75. The molecule has 0 aromatic rings. The average molecular weight is 190 g/mol. The lowest BCUT2D eigenvalue weighted by Crippen LogP contribution is -2.11. The predicted octanol–water partition coefficient (Wildman–Crippen LogP) is 3.12. The molecule has 0 bridgehead atoms. The highest BCUT2D eigenvalue weighted by Gasteiger charge is 2.22. The SMILES string of the molecule is COP(C)(=O)CC1CCCCC1. The monoisotopic (exact) mass is 190 g/mol. The Balaban J connectivity index is 2.34. The summed E-state index contributed by atoms with van der Waals surface area (Å²) in [6, 6.07) is 0. The summed E-state index contributed by atoms with van der Waals surface area (Å²) in [5.41, 5.74) is 0. The van der Waals surface area contributed by atoms with Crippen molar-refractivity contribution in [1.29, 1.82) is 0 Å². The van der Waals surface area contributed by atoms with Crippen molar-refractivity contribution in [2.45, 2.75) is 32.1 Å². The fourth-order valence-corrected chi connectivity index (χ4v) is 3.37. The van der Waals surface area contributed by atoms with Gasteiger partial charge in [0, 0.05) is 19.9 Å². The van der Waals surface area contributed by atoms with Gasteiger partial charge in [-0.3, -0.25) is 4.57 Å². The zero-order valence-electron chi connectivity index (χ0n) is 8.08. The number of hydrogen-bond acceptors (Lipinski definition) is 2. The summed E-state index contributed by atoms with van der Waals surface area (Å²) >= 11 is 0. The Morgan fingerprint density at radius 2 is 1.92 bits per heavy atom. The summed E-state index contributed by atoms with van der Waals surface area (Å²) in [7, 11) is -0.683. The third kappa shape index (κ3) is 3.28. The van der Waals surface area contributed by atoms with Crippen molar-refractivity contribution in [3.63, 3.8) is 0 Å². The van der Waals surface area contributed by atoms with E-state index in [2.05, 4.69) is 0 Å². The molecule has 1 saturated carbocycles. The molecule has 0 spiro atoms. The quantitative estimate of drug-likeness (QED) is 0.639. The van der Waals surface area contributed by atoms with Gasteiger partial charge in [0.05, 0.1) is 0 Å². The van der Waals surface area contributed by atoms with Crippen LogP contribution in [-0.2, 0) is 9.09 Å². The van der Waals surface area contributed by atoms with Gasteiger partial charge in [0.15, 0.2) is 7.37 Å². The summed E-state index contributed by atoms with van der Waals surface area (Å²) in [5, 5.41) is 0. The van der Waals surface area contributed by atoms with Crippen LogP contribution in [0, 0.1) is 5.92 Å². The second kappa shape index (κ2) is 4.43. The van der Waals surface area contributed by atoms with Crippen molar-refractivity contribution in [1.82, 2.24) is 0 Å². The highest BCUT2D eigenvalue weighted by molar-refractivity contribution is 7.58. The Hall–Kier alpha value is 0.190. The van der Waals surface area contributed by atoms with Crippen LogP contribution in [0.2, 0.25) is 0 Å². The van der Waals surface area contributed by atoms with Crippen molar-refractivity contribution in [2.75, 3.05) is 19.9 Å². The average Bonchev–Trinajstić information content (AvgIpc) is 2.06. The molecule has 72 valence electrons. The van der Waals surface area contributed by atoms with Gasteiger partial charge in [-0.1, -0.05) is 19.3 Å². The first kappa shape index (κ1) is 10.3. The van der Waals surface area contributed by atoms with Gasteiger partial charge < -0.3 is 4.52 Å². The van der Waals surface area contributed by atoms with Crippen LogP contribution < -0.4 is 0 Å². The van der Waals surface area contributed by atoms with Crippen LogP contribution >= 0.6 is 7.37 Å². The molecule has 0 radical (unpaired) electrons. The van der Waals surface area contributed by atoms with Crippen LogP contribution in [0.3, 0.4) is 0 Å². The highest BCUT2D eigenvalue weighted by Crippen LogP contribution is 2.45. The van der Waals surface area contributed by atoms with Gasteiger partial charge in [-0.05, 0) is 18.8 Å². The van der Waals surface area contributed by atoms with E-state index in [0.717, 1.165) is 6.16 Å². The van der Waals surface area contributed by atoms with E-state index in [1.807, 2.05) is 0 Å². The molecule has 12 heavy (non-hydrogen) atoms. The molecule has 1 fully saturated rings. The first-order valence-electron chi connectivity index (χ1n) is 4.76. The molecular weight excluding hydrogens is 171 g/mol. The lowest BCUT2D eigenvalue weighted by molar-refractivity contribution is 0.354. The van der Waals surface area contributed by atoms with E-state index in [9.17, 15) is 4.57 Å². The summed E-state index contributed by atoms with van der Waals surface area (Å²) in [4.78, 5) is 0. The molecule has 2 nitrogen and oxygen atoms in total. The van der Waals surface area contributed by atoms with Gasteiger partial charge in [-0.25, -0.2) is 0 Å². The fourth-order valence-electron chi connectivity index (χ4n) is 1.91. The standard InChI is InChI=1S/C9H19O2P/c1-11-12(2,10)8-9-6-4-3-5-7-9/h9H,3-8H2,1-2H3. The molecule has 1 aliphatic carbocycles. The summed E-state index contributed by atoms with van der Waals surface area (Å²) in [6.07, 6.45) is 7.28. The second-order valence-corrected chi connectivity index (χ2v) is 6.64. The smallest absolute Gasteiger partial charge is 0.200 e. The van der Waals surface area contributed by atoms with Crippen LogP contribution in [0.15, 0.2) is 0 Å². The molecule has 0 aliphatic heterocycles. The predicted molar refractivity (Wildman–Crippen MR) is 52.0 cm³/mol. The lowest BCUT2D eigenvalue weighted by Gasteiger charge is -2.23. The number of rotatable bonds is 3. The van der Waals surface area contributed by atoms with Gasteiger partial charge >= 0.3 is 0 Å². The van der Waals surface area contributed by atoms with E-state index >= 15 is 0 Å². The van der Waals surface area contributed by atoms with E-state index in [1.165, 1.54) is 32.1 Å². The van der Waals surface area contributed by atoms with Gasteiger partial charge in [0.25, 0.3) is 0 Å². The van der Waals surface area contributed by atoms with Crippen molar-refractivity contribution in [3.05, 3.63) is 0 Å². The van der Waals surface area contributed by atoms with Crippen LogP contribution in [0.25, 0.3) is 0 Å². The Bertz CT molecular complexity index is 173. The Morgan fingerprint density at radius 1 is 1.33 bits per heavy atom. The minimum atomic E-state index is -2.24. The van der Waals surface area contributed by atoms with Crippen LogP contribution in [0.5, 0.6) is 0 Å². The molecule has 0 amide bonds. The highest BCUT2D eigenvalue weighted by atomic mass is 31.2. The summed E-state index contributed by atoms with van der Waals surface area (Å²) in [5.74, 6) is 0.662. The van der Waals surface area contributed by atoms with Gasteiger partial charge in [0.2, 0.25) is 0 Å². The van der Waals surface area contributed by atoms with Crippen molar-refractivity contribution >= 4 is 7.37 Å². The molecule has 0 heterocycles. The normalized spacial score (nSPS) is 25.2. The first-order chi connectivity index (χ1) is 5.64. The third-order valence-corrected chi connectivity index (χ3v) is 4.65. The zero-order valence-corrected chi connectivity index (χ0v) is 8.98. The molecule has 1 rings (SSSR count). The second-order valence-electron chi connectivity index (χ2n) is 3.88. The zero-order chi connectivity index (χ0) is 9.03. The Kier molecular flexibility index (Phi) is 3.79. The molecule has 0 aromatic heterocycles. The molecule has 0 N–H and O–H groups in total. The van der Waals surface area contributed by atoms with E-state index in [4.69, 9.17) is 4.52 Å². The topological polar surface area (TPSA) is 26.3 Å². The molecular formula is C9H19O2P. The van der Waals surface area contributed by atoms with E-state index in [0.29, 0.717) is 5.92 Å². The molecule has 1 unspecified atom stereocenters. The van der Waals surface area contributed by atoms with Crippen LogP contribution in [0.1, 0.15) is 32.1 Å². The fraction of sp³-hybridized carbons (Fsp3) is 1.00. The molecule has 3 heteroatoms. The van der Waals surface area contributed by atoms with E-state index < -0.39 is 7.37 Å². The van der Waals surface area contributed by atoms with E-state index in [1.54, 1.807) is 13.8 Å². The largest absolute Gasteiger partial charge is 0.332 e. The molecule has 0 saturated heterocycles.